The molecule has 0 bridgehead atoms. The second kappa shape index (κ2) is 5.27. The maximum absolute atomic E-state index is 11.8. The van der Waals surface area contributed by atoms with Gasteiger partial charge in [-0.25, -0.2) is 0 Å². The van der Waals surface area contributed by atoms with Gasteiger partial charge in [0.05, 0.1) is 5.56 Å². The van der Waals surface area contributed by atoms with E-state index >= 15 is 0 Å². The van der Waals surface area contributed by atoms with E-state index in [4.69, 9.17) is 4.74 Å². The molecule has 2 heterocycles. The lowest BCUT2D eigenvalue weighted by molar-refractivity contribution is 0.0238. The first-order valence-corrected chi connectivity index (χ1v) is 5.96. The van der Waals surface area contributed by atoms with Gasteiger partial charge in [-0.15, -0.1) is 0 Å². The summed E-state index contributed by atoms with van der Waals surface area (Å²) in [6, 6.07) is 3.54. The minimum atomic E-state index is -0.0502. The quantitative estimate of drug-likeness (QED) is 0.864. The lowest BCUT2D eigenvalue weighted by atomic mass is 9.82. The molecule has 0 saturated carbocycles. The van der Waals surface area contributed by atoms with Crippen molar-refractivity contribution >= 4 is 5.91 Å². The summed E-state index contributed by atoms with van der Waals surface area (Å²) >= 11 is 0. The van der Waals surface area contributed by atoms with Gasteiger partial charge in [-0.1, -0.05) is 6.92 Å². The second-order valence-electron chi connectivity index (χ2n) is 4.85. The zero-order valence-corrected chi connectivity index (χ0v) is 10.1. The van der Waals surface area contributed by atoms with Crippen LogP contribution in [0.4, 0.5) is 0 Å². The summed E-state index contributed by atoms with van der Waals surface area (Å²) < 4.78 is 5.33. The molecule has 1 aliphatic rings. The minimum Gasteiger partial charge on any atom is -0.381 e. The first-order valence-electron chi connectivity index (χ1n) is 5.96. The van der Waals surface area contributed by atoms with E-state index in [1.165, 1.54) is 0 Å². The molecule has 17 heavy (non-hydrogen) atoms. The number of rotatable bonds is 3. The Labute approximate surface area is 101 Å². The van der Waals surface area contributed by atoms with Gasteiger partial charge in [-0.05, 0) is 30.4 Å². The van der Waals surface area contributed by atoms with Crippen LogP contribution in [0, 0.1) is 5.41 Å². The molecule has 0 aliphatic carbocycles. The zero-order chi connectivity index (χ0) is 12.1. The third-order valence-corrected chi connectivity index (χ3v) is 3.30. The Morgan fingerprint density at radius 3 is 2.94 bits per heavy atom. The summed E-state index contributed by atoms with van der Waals surface area (Å²) in [5.74, 6) is -0.0502. The van der Waals surface area contributed by atoms with Gasteiger partial charge in [0.1, 0.15) is 0 Å². The Hall–Kier alpha value is -1.42. The molecule has 4 nitrogen and oxygen atoms in total. The molecule has 1 N–H and O–H groups in total. The second-order valence-corrected chi connectivity index (χ2v) is 4.85. The number of aromatic nitrogens is 1. The first kappa shape index (κ1) is 12.0. The highest BCUT2D eigenvalue weighted by Crippen LogP contribution is 2.28. The lowest BCUT2D eigenvalue weighted by Crippen LogP contribution is -2.39. The molecule has 0 aromatic carbocycles. The molecule has 1 fully saturated rings. The topological polar surface area (TPSA) is 51.2 Å². The van der Waals surface area contributed by atoms with Crippen LogP contribution < -0.4 is 5.32 Å². The van der Waals surface area contributed by atoms with Gasteiger partial charge in [0, 0.05) is 32.2 Å². The van der Waals surface area contributed by atoms with Gasteiger partial charge in [0.25, 0.3) is 5.91 Å². The smallest absolute Gasteiger partial charge is 0.252 e. The molecule has 1 saturated heterocycles. The predicted octanol–water partition coefficient (Wildman–Crippen LogP) is 1.63. The molecule has 0 atom stereocenters. The number of nitrogens with one attached hydrogen (secondary N) is 1. The molecule has 1 aromatic rings. The average Bonchev–Trinajstić information content (AvgIpc) is 2.38. The molecule has 1 amide bonds. The highest BCUT2D eigenvalue weighted by Gasteiger charge is 2.27. The summed E-state index contributed by atoms with van der Waals surface area (Å²) in [5, 5.41) is 2.97. The number of ether oxygens (including phenoxy) is 1. The van der Waals surface area contributed by atoms with Crippen molar-refractivity contribution in [3.63, 3.8) is 0 Å². The van der Waals surface area contributed by atoms with Crippen molar-refractivity contribution in [3.8, 4) is 0 Å². The summed E-state index contributed by atoms with van der Waals surface area (Å²) in [5.41, 5.74) is 0.777. The van der Waals surface area contributed by atoms with Gasteiger partial charge >= 0.3 is 0 Å². The van der Waals surface area contributed by atoms with Crippen LogP contribution in [0.15, 0.2) is 24.5 Å². The number of amides is 1. The van der Waals surface area contributed by atoms with Crippen molar-refractivity contribution in [3.05, 3.63) is 30.1 Å². The van der Waals surface area contributed by atoms with Crippen LogP contribution in [-0.2, 0) is 4.74 Å². The van der Waals surface area contributed by atoms with E-state index < -0.39 is 0 Å². The van der Waals surface area contributed by atoms with E-state index in [0.29, 0.717) is 12.1 Å². The third-order valence-electron chi connectivity index (χ3n) is 3.30. The standard InChI is InChI=1S/C13H18N2O2/c1-13(4-7-17-8-5-13)10-15-12(16)11-3-2-6-14-9-11/h2-3,6,9H,4-5,7-8,10H2,1H3,(H,15,16). The number of carbonyl (C=O) groups is 1. The average molecular weight is 234 g/mol. The Bertz CT molecular complexity index is 372. The molecule has 0 radical (unpaired) electrons. The SMILES string of the molecule is CC1(CNC(=O)c2cccnc2)CCOCC1. The van der Waals surface area contributed by atoms with E-state index in [9.17, 15) is 4.79 Å². The molecular formula is C13H18N2O2. The Kier molecular flexibility index (Phi) is 3.74. The highest BCUT2D eigenvalue weighted by molar-refractivity contribution is 5.93. The number of carbonyl (C=O) groups excluding carboxylic acids is 1. The maximum atomic E-state index is 11.8. The predicted molar refractivity (Wildman–Crippen MR) is 64.7 cm³/mol. The van der Waals surface area contributed by atoms with Crippen LogP contribution >= 0.6 is 0 Å². The lowest BCUT2D eigenvalue weighted by Gasteiger charge is -2.33. The highest BCUT2D eigenvalue weighted by atomic mass is 16.5. The molecule has 1 aliphatic heterocycles. The summed E-state index contributed by atoms with van der Waals surface area (Å²) in [6.07, 6.45) is 5.25. The van der Waals surface area contributed by atoms with Crippen LogP contribution in [-0.4, -0.2) is 30.6 Å². The normalized spacial score (nSPS) is 18.6. The van der Waals surface area contributed by atoms with Crippen LogP contribution in [0.3, 0.4) is 0 Å². The van der Waals surface area contributed by atoms with Gasteiger partial charge in [-0.2, -0.15) is 0 Å². The van der Waals surface area contributed by atoms with E-state index in [0.717, 1.165) is 26.1 Å². The van der Waals surface area contributed by atoms with Crippen LogP contribution in [0.25, 0.3) is 0 Å². The molecule has 1 aromatic heterocycles. The van der Waals surface area contributed by atoms with Crippen LogP contribution in [0.5, 0.6) is 0 Å². The van der Waals surface area contributed by atoms with Crippen LogP contribution in [0.1, 0.15) is 30.1 Å². The fraction of sp³-hybridized carbons (Fsp3) is 0.538. The van der Waals surface area contributed by atoms with E-state index in [1.807, 2.05) is 0 Å². The van der Waals surface area contributed by atoms with Crippen LogP contribution in [0.2, 0.25) is 0 Å². The fourth-order valence-corrected chi connectivity index (χ4v) is 1.93. The Morgan fingerprint density at radius 1 is 1.53 bits per heavy atom. The molecule has 92 valence electrons. The van der Waals surface area contributed by atoms with E-state index in [-0.39, 0.29) is 11.3 Å². The van der Waals surface area contributed by atoms with E-state index in [1.54, 1.807) is 24.5 Å². The van der Waals surface area contributed by atoms with E-state index in [2.05, 4.69) is 17.2 Å². The van der Waals surface area contributed by atoms with Crippen molar-refractivity contribution in [1.29, 1.82) is 0 Å². The van der Waals surface area contributed by atoms with Gasteiger partial charge < -0.3 is 10.1 Å². The number of hydrogen-bond donors (Lipinski definition) is 1. The van der Waals surface area contributed by atoms with Crippen molar-refractivity contribution in [1.82, 2.24) is 10.3 Å². The Balaban J connectivity index is 1.87. The monoisotopic (exact) mass is 234 g/mol. The van der Waals surface area contributed by atoms with Crippen molar-refractivity contribution in [2.75, 3.05) is 19.8 Å². The number of pyridine rings is 1. The number of nitrogens with zero attached hydrogens (tertiary/aromatic N) is 1. The van der Waals surface area contributed by atoms with Gasteiger partial charge in [-0.3, -0.25) is 9.78 Å². The maximum Gasteiger partial charge on any atom is 0.252 e. The van der Waals surface area contributed by atoms with Gasteiger partial charge in [0.15, 0.2) is 0 Å². The molecular weight excluding hydrogens is 216 g/mol. The third kappa shape index (κ3) is 3.27. The van der Waals surface area contributed by atoms with Crippen molar-refractivity contribution in [2.24, 2.45) is 5.41 Å². The minimum absolute atomic E-state index is 0.0502. The Morgan fingerprint density at radius 2 is 2.29 bits per heavy atom. The molecule has 2 rings (SSSR count). The fourth-order valence-electron chi connectivity index (χ4n) is 1.93. The summed E-state index contributed by atoms with van der Waals surface area (Å²) in [7, 11) is 0. The summed E-state index contributed by atoms with van der Waals surface area (Å²) in [6.45, 7) is 4.47. The largest absolute Gasteiger partial charge is 0.381 e. The number of hydrogen-bond acceptors (Lipinski definition) is 3. The summed E-state index contributed by atoms with van der Waals surface area (Å²) in [4.78, 5) is 15.8. The van der Waals surface area contributed by atoms with Crippen molar-refractivity contribution < 1.29 is 9.53 Å². The van der Waals surface area contributed by atoms with Gasteiger partial charge in [0.2, 0.25) is 0 Å². The zero-order valence-electron chi connectivity index (χ0n) is 10.1. The first-order chi connectivity index (χ1) is 8.20. The molecule has 0 unspecified atom stereocenters. The molecule has 4 heteroatoms. The molecule has 0 spiro atoms. The van der Waals surface area contributed by atoms with Crippen molar-refractivity contribution in [2.45, 2.75) is 19.8 Å².